The molecule has 0 fully saturated rings. The lowest BCUT2D eigenvalue weighted by Gasteiger charge is -2.17. The minimum Gasteiger partial charge on any atom is -0.481 e. The summed E-state index contributed by atoms with van der Waals surface area (Å²) in [5.74, 6) is -1.24. The number of rotatable bonds is 7. The molecule has 82 valence electrons. The SMILES string of the molecule is CC(C)C(CCCC(=O)O)CC(=O)O. The van der Waals surface area contributed by atoms with Gasteiger partial charge in [-0.3, -0.25) is 9.59 Å². The van der Waals surface area contributed by atoms with Crippen molar-refractivity contribution < 1.29 is 19.8 Å². The van der Waals surface area contributed by atoms with E-state index in [1.807, 2.05) is 13.8 Å². The summed E-state index contributed by atoms with van der Waals surface area (Å²) < 4.78 is 0. The normalized spacial score (nSPS) is 12.8. The lowest BCUT2D eigenvalue weighted by Crippen LogP contribution is -2.14. The van der Waals surface area contributed by atoms with Crippen molar-refractivity contribution in [2.45, 2.75) is 39.5 Å². The van der Waals surface area contributed by atoms with Gasteiger partial charge in [0.05, 0.1) is 0 Å². The highest BCUT2D eigenvalue weighted by molar-refractivity contribution is 5.67. The summed E-state index contributed by atoms with van der Waals surface area (Å²) >= 11 is 0. The Bertz CT molecular complexity index is 198. The van der Waals surface area contributed by atoms with Gasteiger partial charge in [0, 0.05) is 12.8 Å². The van der Waals surface area contributed by atoms with Crippen LogP contribution in [0.15, 0.2) is 0 Å². The first kappa shape index (κ1) is 12.9. The van der Waals surface area contributed by atoms with E-state index in [-0.39, 0.29) is 18.8 Å². The highest BCUT2D eigenvalue weighted by atomic mass is 16.4. The van der Waals surface area contributed by atoms with Crippen LogP contribution in [0, 0.1) is 11.8 Å². The number of aliphatic carboxylic acids is 2. The van der Waals surface area contributed by atoms with Crippen LogP contribution in [0.1, 0.15) is 39.5 Å². The Balaban J connectivity index is 3.85. The number of carboxylic acids is 2. The van der Waals surface area contributed by atoms with E-state index in [2.05, 4.69) is 0 Å². The van der Waals surface area contributed by atoms with Gasteiger partial charge in [-0.2, -0.15) is 0 Å². The van der Waals surface area contributed by atoms with Crippen molar-refractivity contribution >= 4 is 11.9 Å². The summed E-state index contributed by atoms with van der Waals surface area (Å²) in [5, 5.41) is 17.1. The minimum absolute atomic E-state index is 0.0897. The predicted molar refractivity (Wildman–Crippen MR) is 52.1 cm³/mol. The molecule has 0 heterocycles. The van der Waals surface area contributed by atoms with Crippen molar-refractivity contribution in [3.63, 3.8) is 0 Å². The van der Waals surface area contributed by atoms with Crippen molar-refractivity contribution in [3.05, 3.63) is 0 Å². The van der Waals surface area contributed by atoms with E-state index >= 15 is 0 Å². The maximum Gasteiger partial charge on any atom is 0.303 e. The molecule has 1 atom stereocenters. The zero-order valence-electron chi connectivity index (χ0n) is 8.69. The van der Waals surface area contributed by atoms with Crippen LogP contribution in [0.4, 0.5) is 0 Å². The Morgan fingerprint density at radius 1 is 1.14 bits per heavy atom. The molecule has 0 aromatic heterocycles. The average molecular weight is 202 g/mol. The van der Waals surface area contributed by atoms with Crippen LogP contribution in [0.5, 0.6) is 0 Å². The number of carbonyl (C=O) groups is 2. The molecule has 4 heteroatoms. The molecule has 0 saturated heterocycles. The van der Waals surface area contributed by atoms with Crippen molar-refractivity contribution in [1.82, 2.24) is 0 Å². The first-order valence-corrected chi connectivity index (χ1v) is 4.87. The minimum atomic E-state index is -0.817. The van der Waals surface area contributed by atoms with Crippen LogP contribution in [-0.2, 0) is 9.59 Å². The lowest BCUT2D eigenvalue weighted by molar-refractivity contribution is -0.138. The largest absolute Gasteiger partial charge is 0.481 e. The summed E-state index contributed by atoms with van der Waals surface area (Å²) in [6.07, 6.45) is 1.50. The third-order valence-electron chi connectivity index (χ3n) is 2.35. The summed E-state index contributed by atoms with van der Waals surface area (Å²) in [6, 6.07) is 0. The fourth-order valence-corrected chi connectivity index (χ4v) is 1.41. The van der Waals surface area contributed by atoms with Gasteiger partial charge in [0.2, 0.25) is 0 Å². The first-order valence-electron chi connectivity index (χ1n) is 4.87. The first-order chi connectivity index (χ1) is 6.43. The Morgan fingerprint density at radius 2 is 1.71 bits per heavy atom. The van der Waals surface area contributed by atoms with Gasteiger partial charge in [0.15, 0.2) is 0 Å². The van der Waals surface area contributed by atoms with Crippen molar-refractivity contribution in [2.24, 2.45) is 11.8 Å². The van der Waals surface area contributed by atoms with Gasteiger partial charge in [-0.05, 0) is 24.7 Å². The molecule has 0 spiro atoms. The Morgan fingerprint density at radius 3 is 2.07 bits per heavy atom. The number of hydrogen-bond donors (Lipinski definition) is 2. The monoisotopic (exact) mass is 202 g/mol. The quantitative estimate of drug-likeness (QED) is 0.662. The van der Waals surface area contributed by atoms with Gasteiger partial charge in [-0.15, -0.1) is 0 Å². The van der Waals surface area contributed by atoms with Crippen molar-refractivity contribution in [2.75, 3.05) is 0 Å². The fraction of sp³-hybridized carbons (Fsp3) is 0.800. The summed E-state index contributed by atoms with van der Waals surface area (Å²) in [5.41, 5.74) is 0. The molecule has 0 aliphatic heterocycles. The lowest BCUT2D eigenvalue weighted by atomic mass is 9.88. The van der Waals surface area contributed by atoms with Crippen LogP contribution in [0.2, 0.25) is 0 Å². The average Bonchev–Trinajstić information content (AvgIpc) is 2.00. The molecule has 0 aliphatic carbocycles. The standard InChI is InChI=1S/C10H18O4/c1-7(2)8(6-10(13)14)4-3-5-9(11)12/h7-8H,3-6H2,1-2H3,(H,11,12)(H,13,14). The number of carboxylic acid groups (broad SMARTS) is 2. The summed E-state index contributed by atoms with van der Waals surface area (Å²) in [7, 11) is 0. The molecule has 2 N–H and O–H groups in total. The van der Waals surface area contributed by atoms with Crippen molar-refractivity contribution in [3.8, 4) is 0 Å². The van der Waals surface area contributed by atoms with Gasteiger partial charge in [0.25, 0.3) is 0 Å². The zero-order valence-corrected chi connectivity index (χ0v) is 8.69. The van der Waals surface area contributed by atoms with Crippen LogP contribution >= 0.6 is 0 Å². The Kier molecular flexibility index (Phi) is 5.92. The van der Waals surface area contributed by atoms with Gasteiger partial charge in [-0.1, -0.05) is 13.8 Å². The molecular weight excluding hydrogens is 184 g/mol. The topological polar surface area (TPSA) is 74.6 Å². The van der Waals surface area contributed by atoms with Gasteiger partial charge < -0.3 is 10.2 Å². The van der Waals surface area contributed by atoms with Gasteiger partial charge >= 0.3 is 11.9 Å². The Hall–Kier alpha value is -1.06. The van der Waals surface area contributed by atoms with Gasteiger partial charge in [-0.25, -0.2) is 0 Å². The molecule has 0 aromatic carbocycles. The molecule has 4 nitrogen and oxygen atoms in total. The maximum atomic E-state index is 10.5. The highest BCUT2D eigenvalue weighted by Gasteiger charge is 2.16. The molecule has 0 radical (unpaired) electrons. The van der Waals surface area contributed by atoms with Crippen LogP contribution in [0.3, 0.4) is 0 Å². The van der Waals surface area contributed by atoms with Gasteiger partial charge in [0.1, 0.15) is 0 Å². The molecule has 1 unspecified atom stereocenters. The second-order valence-corrected chi connectivity index (χ2v) is 3.89. The molecule has 0 bridgehead atoms. The fourth-order valence-electron chi connectivity index (χ4n) is 1.41. The highest BCUT2D eigenvalue weighted by Crippen LogP contribution is 2.21. The van der Waals surface area contributed by atoms with Crippen LogP contribution in [-0.4, -0.2) is 22.2 Å². The van der Waals surface area contributed by atoms with Crippen LogP contribution < -0.4 is 0 Å². The molecule has 0 aromatic rings. The second kappa shape index (κ2) is 6.40. The van der Waals surface area contributed by atoms with E-state index in [0.29, 0.717) is 18.8 Å². The zero-order chi connectivity index (χ0) is 11.1. The molecule has 0 saturated carbocycles. The molecule has 0 amide bonds. The Labute approximate surface area is 83.9 Å². The molecular formula is C10H18O4. The summed E-state index contributed by atoms with van der Waals surface area (Å²) in [6.45, 7) is 3.93. The predicted octanol–water partition coefficient (Wildman–Crippen LogP) is 1.99. The third-order valence-corrected chi connectivity index (χ3v) is 2.35. The van der Waals surface area contributed by atoms with E-state index < -0.39 is 11.9 Å². The molecule has 0 aliphatic rings. The van der Waals surface area contributed by atoms with E-state index in [1.165, 1.54) is 0 Å². The van der Waals surface area contributed by atoms with E-state index in [0.717, 1.165) is 0 Å². The van der Waals surface area contributed by atoms with Crippen LogP contribution in [0.25, 0.3) is 0 Å². The van der Waals surface area contributed by atoms with E-state index in [9.17, 15) is 9.59 Å². The smallest absolute Gasteiger partial charge is 0.303 e. The van der Waals surface area contributed by atoms with Crippen molar-refractivity contribution in [1.29, 1.82) is 0 Å². The van der Waals surface area contributed by atoms with E-state index in [4.69, 9.17) is 10.2 Å². The molecule has 14 heavy (non-hydrogen) atoms. The maximum absolute atomic E-state index is 10.5. The summed E-state index contributed by atoms with van der Waals surface area (Å²) in [4.78, 5) is 20.8. The molecule has 0 rings (SSSR count). The number of hydrogen-bond acceptors (Lipinski definition) is 2. The van der Waals surface area contributed by atoms with E-state index in [1.54, 1.807) is 0 Å². The third kappa shape index (κ3) is 6.46. The second-order valence-electron chi connectivity index (χ2n) is 3.89.